The van der Waals surface area contributed by atoms with Crippen LogP contribution in [0.4, 0.5) is 13.2 Å². The van der Waals surface area contributed by atoms with E-state index in [2.05, 4.69) is 0 Å². The molecule has 1 aromatic carbocycles. The second kappa shape index (κ2) is 4.25. The van der Waals surface area contributed by atoms with E-state index < -0.39 is 12.6 Å². The van der Waals surface area contributed by atoms with Gasteiger partial charge in [-0.05, 0) is 29.4 Å². The Morgan fingerprint density at radius 1 is 1.07 bits per heavy atom. The second-order valence-corrected chi connectivity index (χ2v) is 3.63. The molecule has 0 bridgehead atoms. The Hall–Kier alpha value is -0.655. The number of benzene rings is 1. The molecule has 76 valence electrons. The molecular weight excluding hydrogens is 216 g/mol. The minimum atomic E-state index is -4.32. The van der Waals surface area contributed by atoms with Gasteiger partial charge in [-0.1, -0.05) is 12.1 Å². The van der Waals surface area contributed by atoms with Crippen molar-refractivity contribution in [2.45, 2.75) is 10.4 Å². The fourth-order valence-corrected chi connectivity index (χ4v) is 1.38. The zero-order valence-corrected chi connectivity index (χ0v) is 7.64. The largest absolute Gasteiger partial charge is 0.488 e. The van der Waals surface area contributed by atoms with Gasteiger partial charge in [-0.3, -0.25) is 0 Å². The van der Waals surface area contributed by atoms with Crippen LogP contribution in [0.5, 0.6) is 0 Å². The average molecular weight is 222 g/mol. The van der Waals surface area contributed by atoms with E-state index in [1.165, 1.54) is 24.3 Å². The molecular formula is C7H6BF3O2S. The van der Waals surface area contributed by atoms with E-state index in [1.54, 1.807) is 0 Å². The predicted molar refractivity (Wildman–Crippen MR) is 48.2 cm³/mol. The molecule has 0 aliphatic carbocycles. The van der Waals surface area contributed by atoms with Crippen LogP contribution in [-0.4, -0.2) is 22.7 Å². The number of hydrogen-bond donors (Lipinski definition) is 2. The minimum Gasteiger partial charge on any atom is -0.423 e. The van der Waals surface area contributed by atoms with Crippen molar-refractivity contribution in [3.05, 3.63) is 24.3 Å². The Morgan fingerprint density at radius 3 is 1.93 bits per heavy atom. The summed E-state index contributed by atoms with van der Waals surface area (Å²) >= 11 is -0.242. The Morgan fingerprint density at radius 2 is 1.57 bits per heavy atom. The predicted octanol–water partition coefficient (Wildman–Crippen LogP) is 0.978. The smallest absolute Gasteiger partial charge is 0.423 e. The van der Waals surface area contributed by atoms with Crippen molar-refractivity contribution in [2.75, 3.05) is 0 Å². The molecule has 2 N–H and O–H groups in total. The maximum absolute atomic E-state index is 11.9. The highest BCUT2D eigenvalue weighted by Gasteiger charge is 2.29. The molecule has 0 aliphatic heterocycles. The van der Waals surface area contributed by atoms with E-state index in [1.807, 2.05) is 0 Å². The van der Waals surface area contributed by atoms with E-state index >= 15 is 0 Å². The van der Waals surface area contributed by atoms with Crippen LogP contribution in [0.15, 0.2) is 29.2 Å². The van der Waals surface area contributed by atoms with Gasteiger partial charge in [0, 0.05) is 4.90 Å². The summed E-state index contributed by atoms with van der Waals surface area (Å²) < 4.78 is 35.6. The highest BCUT2D eigenvalue weighted by Crippen LogP contribution is 2.36. The number of halogens is 3. The lowest BCUT2D eigenvalue weighted by Crippen LogP contribution is -2.29. The third kappa shape index (κ3) is 3.61. The summed E-state index contributed by atoms with van der Waals surface area (Å²) in [5.41, 5.74) is -4.16. The van der Waals surface area contributed by atoms with Gasteiger partial charge >= 0.3 is 12.6 Å². The zero-order chi connectivity index (χ0) is 10.8. The SMILES string of the molecule is OB(O)c1ccc(SC(F)(F)F)cc1. The monoisotopic (exact) mass is 222 g/mol. The number of rotatable bonds is 2. The van der Waals surface area contributed by atoms with Crippen LogP contribution < -0.4 is 5.46 Å². The van der Waals surface area contributed by atoms with Crippen molar-refractivity contribution >= 4 is 24.3 Å². The topological polar surface area (TPSA) is 40.5 Å². The third-order valence-corrected chi connectivity index (χ3v) is 2.15. The van der Waals surface area contributed by atoms with Crippen molar-refractivity contribution < 1.29 is 23.2 Å². The zero-order valence-electron chi connectivity index (χ0n) is 6.82. The van der Waals surface area contributed by atoms with Crippen molar-refractivity contribution in [3.8, 4) is 0 Å². The molecule has 2 nitrogen and oxygen atoms in total. The molecule has 0 amide bonds. The first-order chi connectivity index (χ1) is 6.38. The lowest BCUT2D eigenvalue weighted by molar-refractivity contribution is -0.0328. The molecule has 0 fully saturated rings. The molecule has 0 spiro atoms. The first kappa shape index (κ1) is 11.4. The minimum absolute atomic E-state index is 0.0156. The second-order valence-electron chi connectivity index (χ2n) is 2.49. The first-order valence-corrected chi connectivity index (χ1v) is 4.42. The number of alkyl halides is 3. The summed E-state index contributed by atoms with van der Waals surface area (Å²) in [6, 6.07) is 4.84. The molecule has 0 atom stereocenters. The van der Waals surface area contributed by atoms with Crippen molar-refractivity contribution in [2.24, 2.45) is 0 Å². The van der Waals surface area contributed by atoms with Gasteiger partial charge < -0.3 is 10.0 Å². The molecule has 0 saturated carbocycles. The van der Waals surface area contributed by atoms with Crippen LogP contribution in [0.25, 0.3) is 0 Å². The van der Waals surface area contributed by atoms with Gasteiger partial charge in [0.1, 0.15) is 0 Å². The van der Waals surface area contributed by atoms with Gasteiger partial charge in [0.05, 0.1) is 0 Å². The Labute approximate surface area is 82.9 Å². The Bertz CT molecular complexity index is 299. The van der Waals surface area contributed by atoms with Gasteiger partial charge in [0.15, 0.2) is 0 Å². The molecule has 0 aromatic heterocycles. The fourth-order valence-electron chi connectivity index (χ4n) is 0.842. The van der Waals surface area contributed by atoms with Crippen molar-refractivity contribution in [3.63, 3.8) is 0 Å². The summed E-state index contributed by atoms with van der Waals surface area (Å²) in [5.74, 6) is 0. The quantitative estimate of drug-likeness (QED) is 0.578. The fraction of sp³-hybridized carbons (Fsp3) is 0.143. The maximum atomic E-state index is 11.9. The van der Waals surface area contributed by atoms with Crippen LogP contribution in [0.3, 0.4) is 0 Å². The molecule has 1 rings (SSSR count). The summed E-state index contributed by atoms with van der Waals surface area (Å²) in [7, 11) is -1.65. The molecule has 0 aliphatic rings. The lowest BCUT2D eigenvalue weighted by Gasteiger charge is -2.05. The standard InChI is InChI=1S/C7H6BF3O2S/c9-7(10,11)14-6-3-1-5(2-4-6)8(12)13/h1-4,12-13H. The van der Waals surface area contributed by atoms with E-state index in [9.17, 15) is 13.2 Å². The molecule has 0 unspecified atom stereocenters. The third-order valence-electron chi connectivity index (χ3n) is 1.41. The van der Waals surface area contributed by atoms with Crippen molar-refractivity contribution in [1.29, 1.82) is 0 Å². The van der Waals surface area contributed by atoms with Crippen LogP contribution in [0.1, 0.15) is 0 Å². The molecule has 1 aromatic rings. The van der Waals surface area contributed by atoms with Gasteiger partial charge in [0.2, 0.25) is 0 Å². The summed E-state index contributed by atoms with van der Waals surface area (Å²) in [6.07, 6.45) is 0. The normalized spacial score (nSPS) is 11.5. The highest BCUT2D eigenvalue weighted by atomic mass is 32.2. The average Bonchev–Trinajstić information content (AvgIpc) is 2.02. The lowest BCUT2D eigenvalue weighted by atomic mass is 9.81. The summed E-state index contributed by atoms with van der Waals surface area (Å²) in [4.78, 5) is 0.0156. The van der Waals surface area contributed by atoms with E-state index in [-0.39, 0.29) is 22.1 Å². The Kier molecular flexibility index (Phi) is 3.46. The van der Waals surface area contributed by atoms with Crippen LogP contribution in [0, 0.1) is 0 Å². The Balaban J connectivity index is 2.74. The van der Waals surface area contributed by atoms with Gasteiger partial charge in [-0.25, -0.2) is 0 Å². The molecule has 0 saturated heterocycles. The van der Waals surface area contributed by atoms with Gasteiger partial charge in [-0.15, -0.1) is 0 Å². The molecule has 7 heteroatoms. The molecule has 14 heavy (non-hydrogen) atoms. The summed E-state index contributed by atoms with van der Waals surface area (Å²) in [6.45, 7) is 0. The molecule has 0 radical (unpaired) electrons. The van der Waals surface area contributed by atoms with E-state index in [4.69, 9.17) is 10.0 Å². The van der Waals surface area contributed by atoms with Crippen LogP contribution >= 0.6 is 11.8 Å². The van der Waals surface area contributed by atoms with Crippen LogP contribution in [0.2, 0.25) is 0 Å². The number of thioether (sulfide) groups is 1. The van der Waals surface area contributed by atoms with Gasteiger partial charge in [0.25, 0.3) is 0 Å². The highest BCUT2D eigenvalue weighted by molar-refractivity contribution is 8.00. The van der Waals surface area contributed by atoms with E-state index in [0.29, 0.717) is 0 Å². The van der Waals surface area contributed by atoms with Gasteiger partial charge in [-0.2, -0.15) is 13.2 Å². The number of hydrogen-bond acceptors (Lipinski definition) is 3. The first-order valence-electron chi connectivity index (χ1n) is 3.60. The maximum Gasteiger partial charge on any atom is 0.488 e. The van der Waals surface area contributed by atoms with E-state index in [0.717, 1.165) is 0 Å². The summed E-state index contributed by atoms with van der Waals surface area (Å²) in [5, 5.41) is 17.3. The molecule has 0 heterocycles. The van der Waals surface area contributed by atoms with Crippen LogP contribution in [-0.2, 0) is 0 Å². The van der Waals surface area contributed by atoms with Crippen molar-refractivity contribution in [1.82, 2.24) is 0 Å².